The summed E-state index contributed by atoms with van der Waals surface area (Å²) in [5.74, 6) is -1.16. The van der Waals surface area contributed by atoms with Gasteiger partial charge in [-0.05, 0) is 50.8 Å². The second-order valence-electron chi connectivity index (χ2n) is 7.83. The number of amides is 2. The first-order valence-electron chi connectivity index (χ1n) is 10.9. The van der Waals surface area contributed by atoms with Crippen LogP contribution >= 0.6 is 0 Å². The summed E-state index contributed by atoms with van der Waals surface area (Å²) in [7, 11) is 0. The average molecular weight is 456 g/mol. The summed E-state index contributed by atoms with van der Waals surface area (Å²) in [6.07, 6.45) is 0.552. The van der Waals surface area contributed by atoms with Crippen molar-refractivity contribution in [3.05, 3.63) is 56.6 Å². The van der Waals surface area contributed by atoms with E-state index in [9.17, 15) is 19.2 Å². The minimum atomic E-state index is -0.581. The van der Waals surface area contributed by atoms with Gasteiger partial charge in [-0.15, -0.1) is 0 Å². The van der Waals surface area contributed by atoms with Gasteiger partial charge in [-0.1, -0.05) is 19.1 Å². The number of ether oxygens (including phenoxy) is 2. The minimum Gasteiger partial charge on any atom is -0.463 e. The molecule has 0 aliphatic carbocycles. The third kappa shape index (κ3) is 5.42. The Bertz CT molecular complexity index is 1180. The lowest BCUT2D eigenvalue weighted by molar-refractivity contribution is -0.143. The number of urea groups is 1. The lowest BCUT2D eigenvalue weighted by atomic mass is 10.0. The molecular weight excluding hydrogens is 428 g/mol. The molecule has 9 heteroatoms. The van der Waals surface area contributed by atoms with Crippen LogP contribution in [0.1, 0.15) is 43.4 Å². The Morgan fingerprint density at radius 1 is 1.12 bits per heavy atom. The Labute approximate surface area is 191 Å². The summed E-state index contributed by atoms with van der Waals surface area (Å²) in [5.41, 5.74) is 2.60. The fraction of sp³-hybridized carbons (Fsp3) is 0.417. The van der Waals surface area contributed by atoms with Crippen molar-refractivity contribution in [2.45, 2.75) is 53.0 Å². The average Bonchev–Trinajstić information content (AvgIpc) is 2.76. The van der Waals surface area contributed by atoms with Crippen molar-refractivity contribution >= 4 is 28.9 Å². The second-order valence-corrected chi connectivity index (χ2v) is 7.83. The number of hydrogen-bond acceptors (Lipinski definition) is 7. The van der Waals surface area contributed by atoms with Crippen LogP contribution in [0.15, 0.2) is 38.7 Å². The lowest BCUT2D eigenvalue weighted by Gasteiger charge is -2.28. The topological polar surface area (TPSA) is 124 Å². The summed E-state index contributed by atoms with van der Waals surface area (Å²) in [5, 5.41) is 6.00. The molecule has 176 valence electrons. The van der Waals surface area contributed by atoms with Crippen LogP contribution in [-0.4, -0.2) is 37.2 Å². The van der Waals surface area contributed by atoms with Gasteiger partial charge in [0.1, 0.15) is 12.2 Å². The SMILES string of the molecule is CCOC(=O)C1=C(COC(=O)CCc2c(C)c3ccc(C)cc3oc2=O)NC(=O)N[C@H]1CC. The normalized spacial score (nSPS) is 15.8. The first kappa shape index (κ1) is 24.0. The fourth-order valence-corrected chi connectivity index (χ4v) is 3.82. The van der Waals surface area contributed by atoms with Crippen LogP contribution in [-0.2, 0) is 25.5 Å². The van der Waals surface area contributed by atoms with Crippen LogP contribution in [0.2, 0.25) is 0 Å². The van der Waals surface area contributed by atoms with Gasteiger partial charge in [0.2, 0.25) is 0 Å². The Morgan fingerprint density at radius 3 is 2.58 bits per heavy atom. The van der Waals surface area contributed by atoms with E-state index in [0.717, 1.165) is 16.5 Å². The van der Waals surface area contributed by atoms with Gasteiger partial charge in [-0.2, -0.15) is 0 Å². The standard InChI is InChI=1S/C24H28N2O7/c1-5-17-21(23(29)31-6-2)18(26-24(30)25-17)12-32-20(27)10-9-16-14(4)15-8-7-13(3)11-19(15)33-22(16)28/h7-8,11,17H,5-6,9-10,12H2,1-4H3,(H2,25,26,30)/t17-/m0/s1. The van der Waals surface area contributed by atoms with Crippen molar-refractivity contribution in [1.82, 2.24) is 10.6 Å². The summed E-state index contributed by atoms with van der Waals surface area (Å²) < 4.78 is 15.8. The third-order valence-electron chi connectivity index (χ3n) is 5.55. The molecule has 0 spiro atoms. The number of rotatable bonds is 8. The fourth-order valence-electron chi connectivity index (χ4n) is 3.82. The Hall–Kier alpha value is -3.62. The van der Waals surface area contributed by atoms with E-state index in [-0.39, 0.29) is 37.3 Å². The molecule has 2 N–H and O–H groups in total. The van der Waals surface area contributed by atoms with Gasteiger partial charge in [0, 0.05) is 17.4 Å². The second kappa shape index (κ2) is 10.3. The van der Waals surface area contributed by atoms with Gasteiger partial charge in [0.05, 0.1) is 23.9 Å². The molecular formula is C24H28N2O7. The molecule has 0 saturated heterocycles. The van der Waals surface area contributed by atoms with Crippen molar-refractivity contribution in [3.8, 4) is 0 Å². The maximum Gasteiger partial charge on any atom is 0.339 e. The number of carbonyl (C=O) groups excluding carboxylic acids is 3. The first-order chi connectivity index (χ1) is 15.7. The number of fused-ring (bicyclic) bond motifs is 1. The molecule has 9 nitrogen and oxygen atoms in total. The van der Waals surface area contributed by atoms with Crippen LogP contribution in [0.5, 0.6) is 0 Å². The summed E-state index contributed by atoms with van der Waals surface area (Å²) in [4.78, 5) is 49.2. The minimum absolute atomic E-state index is 0.0611. The van der Waals surface area contributed by atoms with Gasteiger partial charge >= 0.3 is 23.6 Å². The molecule has 1 aliphatic rings. The molecule has 0 fully saturated rings. The van der Waals surface area contributed by atoms with Crippen LogP contribution in [0.25, 0.3) is 11.0 Å². The molecule has 2 amide bonds. The van der Waals surface area contributed by atoms with Gasteiger partial charge in [-0.25, -0.2) is 14.4 Å². The molecule has 2 heterocycles. The maximum atomic E-state index is 12.4. The van der Waals surface area contributed by atoms with Gasteiger partial charge in [0.25, 0.3) is 0 Å². The van der Waals surface area contributed by atoms with E-state index in [1.54, 1.807) is 13.0 Å². The zero-order valence-corrected chi connectivity index (χ0v) is 19.2. The van der Waals surface area contributed by atoms with E-state index >= 15 is 0 Å². The van der Waals surface area contributed by atoms with E-state index < -0.39 is 29.6 Å². The molecule has 1 aromatic heterocycles. The summed E-state index contributed by atoms with van der Waals surface area (Å²) in [6, 6.07) is 4.59. The zero-order valence-electron chi connectivity index (χ0n) is 19.2. The molecule has 3 rings (SSSR count). The van der Waals surface area contributed by atoms with Crippen molar-refractivity contribution in [2.75, 3.05) is 13.2 Å². The Balaban J connectivity index is 1.72. The van der Waals surface area contributed by atoms with Crippen LogP contribution < -0.4 is 16.3 Å². The van der Waals surface area contributed by atoms with Gasteiger partial charge in [-0.3, -0.25) is 4.79 Å². The van der Waals surface area contributed by atoms with Crippen LogP contribution in [0.3, 0.4) is 0 Å². The van der Waals surface area contributed by atoms with E-state index in [1.165, 1.54) is 0 Å². The molecule has 0 radical (unpaired) electrons. The zero-order chi connectivity index (χ0) is 24.1. The quantitative estimate of drug-likeness (QED) is 0.462. The summed E-state index contributed by atoms with van der Waals surface area (Å²) >= 11 is 0. The predicted octanol–water partition coefficient (Wildman–Crippen LogP) is 2.79. The maximum absolute atomic E-state index is 12.4. The van der Waals surface area contributed by atoms with Crippen molar-refractivity contribution in [1.29, 1.82) is 0 Å². The predicted molar refractivity (Wildman–Crippen MR) is 121 cm³/mol. The molecule has 0 saturated carbocycles. The molecule has 0 unspecified atom stereocenters. The number of hydrogen-bond donors (Lipinski definition) is 2. The van der Waals surface area contributed by atoms with E-state index in [4.69, 9.17) is 13.9 Å². The van der Waals surface area contributed by atoms with E-state index in [2.05, 4.69) is 10.6 Å². The first-order valence-corrected chi connectivity index (χ1v) is 10.9. The smallest absolute Gasteiger partial charge is 0.339 e. The number of nitrogens with one attached hydrogen (secondary N) is 2. The molecule has 2 aromatic rings. The molecule has 0 bridgehead atoms. The lowest BCUT2D eigenvalue weighted by Crippen LogP contribution is -2.51. The number of aryl methyl sites for hydroxylation is 2. The highest BCUT2D eigenvalue weighted by molar-refractivity contribution is 5.95. The van der Waals surface area contributed by atoms with Crippen molar-refractivity contribution in [3.63, 3.8) is 0 Å². The Morgan fingerprint density at radius 2 is 1.88 bits per heavy atom. The molecule has 33 heavy (non-hydrogen) atoms. The molecule has 1 aliphatic heterocycles. The number of esters is 2. The van der Waals surface area contributed by atoms with Crippen LogP contribution in [0.4, 0.5) is 4.79 Å². The third-order valence-corrected chi connectivity index (χ3v) is 5.55. The number of benzene rings is 1. The highest BCUT2D eigenvalue weighted by Crippen LogP contribution is 2.22. The number of carbonyl (C=O) groups is 3. The van der Waals surface area contributed by atoms with Gasteiger partial charge in [0.15, 0.2) is 0 Å². The summed E-state index contributed by atoms with van der Waals surface area (Å²) in [6.45, 7) is 7.11. The van der Waals surface area contributed by atoms with Gasteiger partial charge < -0.3 is 24.5 Å². The van der Waals surface area contributed by atoms with Crippen molar-refractivity contribution < 1.29 is 28.3 Å². The van der Waals surface area contributed by atoms with E-state index in [1.807, 2.05) is 32.9 Å². The van der Waals surface area contributed by atoms with Crippen LogP contribution in [0, 0.1) is 13.8 Å². The monoisotopic (exact) mass is 456 g/mol. The Kier molecular flexibility index (Phi) is 7.52. The van der Waals surface area contributed by atoms with E-state index in [0.29, 0.717) is 17.6 Å². The largest absolute Gasteiger partial charge is 0.463 e. The highest BCUT2D eigenvalue weighted by atomic mass is 16.5. The molecule has 1 aromatic carbocycles. The molecule has 1 atom stereocenters. The van der Waals surface area contributed by atoms with Crippen molar-refractivity contribution in [2.24, 2.45) is 0 Å². The highest BCUT2D eigenvalue weighted by Gasteiger charge is 2.32.